The Bertz CT molecular complexity index is 465. The normalized spacial score (nSPS) is 17.0. The van der Waals surface area contributed by atoms with E-state index in [1.54, 1.807) is 0 Å². The molecule has 2 rings (SSSR count). The van der Waals surface area contributed by atoms with E-state index in [2.05, 4.69) is 20.9 Å². The maximum atomic E-state index is 13.0. The van der Waals surface area contributed by atoms with E-state index in [1.165, 1.54) is 6.08 Å². The van der Waals surface area contributed by atoms with Crippen LogP contribution in [0.25, 0.3) is 0 Å². The molecule has 1 fully saturated rings. The second-order valence-electron chi connectivity index (χ2n) is 3.48. The second kappa shape index (κ2) is 3.51. The first kappa shape index (κ1) is 10.5. The number of benzene rings is 1. The van der Waals surface area contributed by atoms with Gasteiger partial charge in [-0.25, -0.2) is 13.6 Å². The molecular formula is C10H6BrF2NO. The Balaban J connectivity index is 2.54. The molecule has 0 spiro atoms. The minimum atomic E-state index is -0.930. The number of hydrogen-bond acceptors (Lipinski definition) is 2. The van der Waals surface area contributed by atoms with Crippen molar-refractivity contribution in [1.82, 2.24) is 0 Å². The molecule has 1 saturated carbocycles. The van der Waals surface area contributed by atoms with Gasteiger partial charge < -0.3 is 0 Å². The zero-order valence-corrected chi connectivity index (χ0v) is 9.14. The van der Waals surface area contributed by atoms with Crippen LogP contribution in [0.5, 0.6) is 0 Å². The average Bonchev–Trinajstić information content (AvgIpc) is 2.93. The second-order valence-corrected chi connectivity index (χ2v) is 4.34. The lowest BCUT2D eigenvalue weighted by molar-refractivity contribution is 0.503. The molecule has 0 aromatic heterocycles. The van der Waals surface area contributed by atoms with E-state index in [4.69, 9.17) is 0 Å². The molecule has 5 heteroatoms. The van der Waals surface area contributed by atoms with Gasteiger partial charge in [0.15, 0.2) is 11.6 Å². The Morgan fingerprint density at radius 2 is 1.93 bits per heavy atom. The highest BCUT2D eigenvalue weighted by atomic mass is 79.9. The van der Waals surface area contributed by atoms with Crippen LogP contribution in [0.1, 0.15) is 18.4 Å². The van der Waals surface area contributed by atoms with Gasteiger partial charge in [-0.3, -0.25) is 0 Å². The summed E-state index contributed by atoms with van der Waals surface area (Å²) < 4.78 is 26.3. The molecule has 1 aromatic carbocycles. The van der Waals surface area contributed by atoms with Crippen LogP contribution >= 0.6 is 15.9 Å². The molecule has 0 N–H and O–H groups in total. The number of halogens is 3. The molecule has 15 heavy (non-hydrogen) atoms. The summed E-state index contributed by atoms with van der Waals surface area (Å²) in [5, 5.41) is 0. The molecule has 1 aliphatic carbocycles. The highest BCUT2D eigenvalue weighted by molar-refractivity contribution is 9.10. The minimum Gasteiger partial charge on any atom is -0.211 e. The average molecular weight is 274 g/mol. The molecule has 0 bridgehead atoms. The van der Waals surface area contributed by atoms with Crippen molar-refractivity contribution in [2.45, 2.75) is 18.4 Å². The Hall–Kier alpha value is -1.06. The van der Waals surface area contributed by atoms with E-state index in [0.29, 0.717) is 22.9 Å². The lowest BCUT2D eigenvalue weighted by Gasteiger charge is -2.10. The lowest BCUT2D eigenvalue weighted by atomic mass is 10.1. The molecule has 0 heterocycles. The summed E-state index contributed by atoms with van der Waals surface area (Å²) in [7, 11) is 0. The number of carbonyl (C=O) groups excluding carboxylic acids is 1. The molecule has 0 aliphatic heterocycles. The Morgan fingerprint density at radius 3 is 2.47 bits per heavy atom. The van der Waals surface area contributed by atoms with Crippen LogP contribution in [-0.2, 0) is 10.3 Å². The summed E-state index contributed by atoms with van der Waals surface area (Å²) >= 11 is 3.13. The SMILES string of the molecule is O=C=NC1(c2cc(F)c(F)cc2Br)CC1. The van der Waals surface area contributed by atoms with Gasteiger partial charge in [-0.2, -0.15) is 4.99 Å². The number of isocyanates is 1. The van der Waals surface area contributed by atoms with Crippen molar-refractivity contribution in [3.63, 3.8) is 0 Å². The molecule has 1 aliphatic rings. The number of nitrogens with zero attached hydrogens (tertiary/aromatic N) is 1. The Morgan fingerprint density at radius 1 is 1.33 bits per heavy atom. The predicted molar refractivity (Wildman–Crippen MR) is 53.1 cm³/mol. The van der Waals surface area contributed by atoms with Crippen LogP contribution < -0.4 is 0 Å². The van der Waals surface area contributed by atoms with Crippen molar-refractivity contribution in [3.8, 4) is 0 Å². The van der Waals surface area contributed by atoms with E-state index >= 15 is 0 Å². The van der Waals surface area contributed by atoms with Crippen LogP contribution in [0, 0.1) is 11.6 Å². The first-order valence-corrected chi connectivity index (χ1v) is 5.12. The molecule has 0 radical (unpaired) electrons. The molecule has 1 aromatic rings. The summed E-state index contributed by atoms with van der Waals surface area (Å²) in [4.78, 5) is 13.9. The summed E-state index contributed by atoms with van der Waals surface area (Å²) in [6.07, 6.45) is 2.79. The molecule has 78 valence electrons. The standard InChI is InChI=1S/C10H6BrF2NO/c11-7-4-9(13)8(12)3-6(7)10(1-2-10)14-5-15/h3-4H,1-2H2. The lowest BCUT2D eigenvalue weighted by Crippen LogP contribution is -2.05. The van der Waals surface area contributed by atoms with Crippen molar-refractivity contribution < 1.29 is 13.6 Å². The fourth-order valence-corrected chi connectivity index (χ4v) is 2.21. The van der Waals surface area contributed by atoms with Gasteiger partial charge in [0.1, 0.15) is 0 Å². The molecule has 0 unspecified atom stereocenters. The molecule has 0 saturated heterocycles. The van der Waals surface area contributed by atoms with Crippen LogP contribution in [0.4, 0.5) is 8.78 Å². The smallest absolute Gasteiger partial charge is 0.211 e. The maximum absolute atomic E-state index is 13.0. The zero-order chi connectivity index (χ0) is 11.1. The summed E-state index contributed by atoms with van der Waals surface area (Å²) in [5.41, 5.74) is -0.181. The zero-order valence-electron chi connectivity index (χ0n) is 7.56. The third kappa shape index (κ3) is 1.73. The van der Waals surface area contributed by atoms with Gasteiger partial charge in [0.25, 0.3) is 0 Å². The third-order valence-corrected chi connectivity index (χ3v) is 3.15. The maximum Gasteiger partial charge on any atom is 0.235 e. The van der Waals surface area contributed by atoms with E-state index in [0.717, 1.165) is 12.1 Å². The monoisotopic (exact) mass is 273 g/mol. The van der Waals surface area contributed by atoms with E-state index < -0.39 is 17.2 Å². The highest BCUT2D eigenvalue weighted by Gasteiger charge is 2.46. The first-order chi connectivity index (χ1) is 7.09. The van der Waals surface area contributed by atoms with Crippen molar-refractivity contribution in [2.75, 3.05) is 0 Å². The molecular weight excluding hydrogens is 268 g/mol. The van der Waals surface area contributed by atoms with Crippen molar-refractivity contribution in [3.05, 3.63) is 33.8 Å². The predicted octanol–water partition coefficient (Wildman–Crippen LogP) is 3.05. The number of rotatable bonds is 2. The van der Waals surface area contributed by atoms with Crippen molar-refractivity contribution in [1.29, 1.82) is 0 Å². The fraction of sp³-hybridized carbons (Fsp3) is 0.300. The van der Waals surface area contributed by atoms with Gasteiger partial charge in [-0.15, -0.1) is 0 Å². The molecule has 2 nitrogen and oxygen atoms in total. The van der Waals surface area contributed by atoms with Gasteiger partial charge in [-0.1, -0.05) is 15.9 Å². The van der Waals surface area contributed by atoms with Gasteiger partial charge in [0.05, 0.1) is 5.54 Å². The summed E-state index contributed by atoms with van der Waals surface area (Å²) in [5.74, 6) is -1.85. The topological polar surface area (TPSA) is 29.4 Å². The number of aliphatic imine (C=N–C) groups is 1. The quantitative estimate of drug-likeness (QED) is 0.463. The van der Waals surface area contributed by atoms with E-state index in [-0.39, 0.29) is 0 Å². The fourth-order valence-electron chi connectivity index (χ4n) is 1.53. The Labute approximate surface area is 93.1 Å². The van der Waals surface area contributed by atoms with Gasteiger partial charge in [0.2, 0.25) is 6.08 Å². The van der Waals surface area contributed by atoms with Gasteiger partial charge in [0, 0.05) is 4.47 Å². The Kier molecular flexibility index (Phi) is 2.44. The summed E-state index contributed by atoms with van der Waals surface area (Å²) in [6, 6.07) is 2.12. The van der Waals surface area contributed by atoms with Crippen molar-refractivity contribution >= 4 is 22.0 Å². The van der Waals surface area contributed by atoms with Crippen molar-refractivity contribution in [2.24, 2.45) is 4.99 Å². The van der Waals surface area contributed by atoms with E-state index in [1.807, 2.05) is 0 Å². The van der Waals surface area contributed by atoms with E-state index in [9.17, 15) is 13.6 Å². The van der Waals surface area contributed by atoms with Crippen LogP contribution in [0.15, 0.2) is 21.6 Å². The number of hydrogen-bond donors (Lipinski definition) is 0. The first-order valence-electron chi connectivity index (χ1n) is 4.33. The van der Waals surface area contributed by atoms with Crippen LogP contribution in [0.2, 0.25) is 0 Å². The van der Waals surface area contributed by atoms with Gasteiger partial charge >= 0.3 is 0 Å². The highest BCUT2D eigenvalue weighted by Crippen LogP contribution is 2.51. The van der Waals surface area contributed by atoms with Crippen LogP contribution in [-0.4, -0.2) is 6.08 Å². The largest absolute Gasteiger partial charge is 0.235 e. The third-order valence-electron chi connectivity index (χ3n) is 2.49. The van der Waals surface area contributed by atoms with Crippen LogP contribution in [0.3, 0.4) is 0 Å². The molecule has 0 amide bonds. The minimum absolute atomic E-state index is 0.429. The van der Waals surface area contributed by atoms with Gasteiger partial charge in [-0.05, 0) is 30.5 Å². The summed E-state index contributed by atoms with van der Waals surface area (Å²) in [6.45, 7) is 0. The molecule has 0 atom stereocenters.